The van der Waals surface area contributed by atoms with E-state index < -0.39 is 0 Å². The van der Waals surface area contributed by atoms with E-state index in [2.05, 4.69) is 21.2 Å². The van der Waals surface area contributed by atoms with Crippen molar-refractivity contribution in [1.29, 1.82) is 0 Å². The van der Waals surface area contributed by atoms with Gasteiger partial charge in [-0.3, -0.25) is 14.6 Å². The summed E-state index contributed by atoms with van der Waals surface area (Å²) in [5.74, 6) is 0.217. The molecule has 0 saturated carbocycles. The molecule has 126 valence electrons. The van der Waals surface area contributed by atoms with E-state index in [1.54, 1.807) is 0 Å². The Bertz CT molecular complexity index is 553. The average Bonchev–Trinajstić information content (AvgIpc) is 2.61. The molecule has 0 radical (unpaired) electrons. The van der Waals surface area contributed by atoms with Crippen LogP contribution in [0.2, 0.25) is 0 Å². The molecule has 2 N–H and O–H groups in total. The predicted molar refractivity (Wildman–Crippen MR) is 92.1 cm³/mol. The van der Waals surface area contributed by atoms with E-state index >= 15 is 0 Å². The first-order valence-electron chi connectivity index (χ1n) is 8.67. The summed E-state index contributed by atoms with van der Waals surface area (Å²) in [5, 5.41) is 12.4. The second-order valence-electron chi connectivity index (χ2n) is 6.54. The van der Waals surface area contributed by atoms with E-state index in [1.807, 2.05) is 19.1 Å². The van der Waals surface area contributed by atoms with E-state index in [4.69, 9.17) is 5.11 Å². The van der Waals surface area contributed by atoms with Gasteiger partial charge in [-0.25, -0.2) is 0 Å². The van der Waals surface area contributed by atoms with Gasteiger partial charge in [0.15, 0.2) is 5.78 Å². The molecule has 2 aliphatic rings. The zero-order valence-corrected chi connectivity index (χ0v) is 13.9. The molecule has 0 bridgehead atoms. The van der Waals surface area contributed by atoms with Gasteiger partial charge in [-0.05, 0) is 43.5 Å². The van der Waals surface area contributed by atoms with Crippen molar-refractivity contribution in [2.75, 3.05) is 51.2 Å². The number of hydrogen-bond donors (Lipinski definition) is 2. The van der Waals surface area contributed by atoms with Gasteiger partial charge in [0.1, 0.15) is 0 Å². The van der Waals surface area contributed by atoms with Crippen LogP contribution >= 0.6 is 0 Å². The molecule has 1 saturated heterocycles. The SMILES string of the molecule is CC(C(=O)c1ccc2c(c1)CCCN2)N1CCN(CCO)CC1. The third-order valence-electron chi connectivity index (χ3n) is 5.08. The van der Waals surface area contributed by atoms with Gasteiger partial charge in [0.25, 0.3) is 0 Å². The highest BCUT2D eigenvalue weighted by molar-refractivity contribution is 6.00. The Labute approximate surface area is 138 Å². The molecular weight excluding hydrogens is 290 g/mol. The van der Waals surface area contributed by atoms with Gasteiger partial charge in [-0.15, -0.1) is 0 Å². The number of aliphatic hydroxyl groups excluding tert-OH is 1. The van der Waals surface area contributed by atoms with Crippen molar-refractivity contribution in [2.45, 2.75) is 25.8 Å². The van der Waals surface area contributed by atoms with Gasteiger partial charge in [0.05, 0.1) is 12.6 Å². The Kier molecular flexibility index (Phi) is 5.30. The zero-order chi connectivity index (χ0) is 16.2. The van der Waals surface area contributed by atoms with Crippen LogP contribution in [0.3, 0.4) is 0 Å². The Morgan fingerprint density at radius 1 is 1.30 bits per heavy atom. The second kappa shape index (κ2) is 7.43. The zero-order valence-electron chi connectivity index (χ0n) is 13.9. The van der Waals surface area contributed by atoms with Crippen molar-refractivity contribution in [2.24, 2.45) is 0 Å². The van der Waals surface area contributed by atoms with Gasteiger partial charge < -0.3 is 10.4 Å². The van der Waals surface area contributed by atoms with E-state index in [-0.39, 0.29) is 18.4 Å². The number of nitrogens with zero attached hydrogens (tertiary/aromatic N) is 2. The molecule has 1 aromatic carbocycles. The van der Waals surface area contributed by atoms with Gasteiger partial charge >= 0.3 is 0 Å². The monoisotopic (exact) mass is 317 g/mol. The number of carbonyl (C=O) groups excluding carboxylic acids is 1. The maximum absolute atomic E-state index is 12.8. The lowest BCUT2D eigenvalue weighted by Gasteiger charge is -2.37. The number of ketones is 1. The fraction of sp³-hybridized carbons (Fsp3) is 0.611. The van der Waals surface area contributed by atoms with Crippen molar-refractivity contribution in [3.8, 4) is 0 Å². The van der Waals surface area contributed by atoms with Crippen molar-refractivity contribution in [3.05, 3.63) is 29.3 Å². The number of hydrogen-bond acceptors (Lipinski definition) is 5. The van der Waals surface area contributed by atoms with Crippen LogP contribution in [0.5, 0.6) is 0 Å². The Hall–Kier alpha value is -1.43. The van der Waals surface area contributed by atoms with E-state index in [0.717, 1.165) is 57.7 Å². The molecule has 23 heavy (non-hydrogen) atoms. The second-order valence-corrected chi connectivity index (χ2v) is 6.54. The lowest BCUT2D eigenvalue weighted by atomic mass is 9.96. The number of rotatable bonds is 5. The molecule has 5 heteroatoms. The minimum absolute atomic E-state index is 0.0825. The van der Waals surface area contributed by atoms with Gasteiger partial charge in [-0.2, -0.15) is 0 Å². The molecule has 3 rings (SSSR count). The molecule has 0 spiro atoms. The van der Waals surface area contributed by atoms with Crippen LogP contribution in [-0.2, 0) is 6.42 Å². The number of fused-ring (bicyclic) bond motifs is 1. The minimum atomic E-state index is -0.0825. The topological polar surface area (TPSA) is 55.8 Å². The Morgan fingerprint density at radius 2 is 2.09 bits per heavy atom. The van der Waals surface area contributed by atoms with Gasteiger partial charge in [0.2, 0.25) is 0 Å². The third kappa shape index (κ3) is 3.74. The maximum atomic E-state index is 12.8. The predicted octanol–water partition coefficient (Wildman–Crippen LogP) is 1.23. The fourth-order valence-corrected chi connectivity index (χ4v) is 3.55. The molecule has 1 unspecified atom stereocenters. The molecule has 0 aliphatic carbocycles. The van der Waals surface area contributed by atoms with Crippen molar-refractivity contribution >= 4 is 11.5 Å². The first-order chi connectivity index (χ1) is 11.2. The third-order valence-corrected chi connectivity index (χ3v) is 5.08. The van der Waals surface area contributed by atoms with Crippen molar-refractivity contribution < 1.29 is 9.90 Å². The summed E-state index contributed by atoms with van der Waals surface area (Å²) < 4.78 is 0. The molecule has 2 heterocycles. The normalized spacial score (nSPS) is 20.6. The van der Waals surface area contributed by atoms with Crippen LogP contribution in [0.1, 0.15) is 29.3 Å². The number of nitrogens with one attached hydrogen (secondary N) is 1. The molecule has 2 aliphatic heterocycles. The van der Waals surface area contributed by atoms with E-state index in [9.17, 15) is 4.79 Å². The summed E-state index contributed by atoms with van der Waals surface area (Å²) >= 11 is 0. The summed E-state index contributed by atoms with van der Waals surface area (Å²) in [6.45, 7) is 7.60. The first-order valence-corrected chi connectivity index (χ1v) is 8.67. The Morgan fingerprint density at radius 3 is 2.83 bits per heavy atom. The highest BCUT2D eigenvalue weighted by atomic mass is 16.3. The number of Topliss-reactive ketones (excluding diaryl/α,β-unsaturated/α-hetero) is 1. The fourth-order valence-electron chi connectivity index (χ4n) is 3.55. The number of aryl methyl sites for hydroxylation is 1. The molecular formula is C18H27N3O2. The van der Waals surface area contributed by atoms with E-state index in [1.165, 1.54) is 11.3 Å². The molecule has 0 aromatic heterocycles. The minimum Gasteiger partial charge on any atom is -0.395 e. The van der Waals surface area contributed by atoms with Crippen molar-refractivity contribution in [3.63, 3.8) is 0 Å². The van der Waals surface area contributed by atoms with Crippen LogP contribution < -0.4 is 5.32 Å². The number of benzene rings is 1. The molecule has 5 nitrogen and oxygen atoms in total. The quantitative estimate of drug-likeness (QED) is 0.800. The number of aliphatic hydroxyl groups is 1. The molecule has 1 atom stereocenters. The smallest absolute Gasteiger partial charge is 0.179 e. The number of carbonyl (C=O) groups is 1. The van der Waals surface area contributed by atoms with Crippen LogP contribution in [0.25, 0.3) is 0 Å². The van der Waals surface area contributed by atoms with Crippen LogP contribution in [-0.4, -0.2) is 72.6 Å². The molecule has 1 aromatic rings. The highest BCUT2D eigenvalue weighted by Gasteiger charge is 2.26. The molecule has 1 fully saturated rings. The largest absolute Gasteiger partial charge is 0.395 e. The standard InChI is InChI=1S/C18H27N3O2/c1-14(21-9-7-20(8-10-21)11-12-22)18(23)16-4-5-17-15(13-16)3-2-6-19-17/h4-5,13-14,19,22H,2-3,6-12H2,1H3. The first kappa shape index (κ1) is 16.4. The number of anilines is 1. The number of β-amino-alcohol motifs (C(OH)–C–C–N with tert-alkyl or cyclic N) is 1. The molecule has 0 amide bonds. The number of piperazine rings is 1. The lowest BCUT2D eigenvalue weighted by molar-refractivity contribution is 0.0663. The van der Waals surface area contributed by atoms with Gasteiger partial charge in [-0.1, -0.05) is 0 Å². The van der Waals surface area contributed by atoms with E-state index in [0.29, 0.717) is 0 Å². The van der Waals surface area contributed by atoms with Crippen molar-refractivity contribution in [1.82, 2.24) is 9.80 Å². The summed E-state index contributed by atoms with van der Waals surface area (Å²) in [6.07, 6.45) is 2.19. The summed E-state index contributed by atoms with van der Waals surface area (Å²) in [6, 6.07) is 5.99. The van der Waals surface area contributed by atoms with Crippen LogP contribution in [0.4, 0.5) is 5.69 Å². The van der Waals surface area contributed by atoms with Crippen LogP contribution in [0.15, 0.2) is 18.2 Å². The average molecular weight is 317 g/mol. The Balaban J connectivity index is 1.63. The summed E-state index contributed by atoms with van der Waals surface area (Å²) in [4.78, 5) is 17.3. The van der Waals surface area contributed by atoms with Gasteiger partial charge in [0, 0.05) is 50.5 Å². The lowest BCUT2D eigenvalue weighted by Crippen LogP contribution is -2.52. The summed E-state index contributed by atoms with van der Waals surface area (Å²) in [5.41, 5.74) is 3.28. The highest BCUT2D eigenvalue weighted by Crippen LogP contribution is 2.24. The maximum Gasteiger partial charge on any atom is 0.179 e. The summed E-state index contributed by atoms with van der Waals surface area (Å²) in [7, 11) is 0. The van der Waals surface area contributed by atoms with Crippen LogP contribution in [0, 0.1) is 0 Å².